The number of hydrogen-bond acceptors (Lipinski definition) is 3. The molecule has 0 heterocycles. The summed E-state index contributed by atoms with van der Waals surface area (Å²) < 4.78 is 5.28. The zero-order valence-electron chi connectivity index (χ0n) is 9.03. The number of nitrogens with two attached hydrogens (primary N) is 1. The van der Waals surface area contributed by atoms with Crippen LogP contribution in [-0.2, 0) is 9.53 Å². The topological polar surface area (TPSA) is 55.6 Å². The predicted octanol–water partition coefficient (Wildman–Crippen LogP) is 0.361. The quantitative estimate of drug-likeness (QED) is 0.715. The molecule has 0 radical (unpaired) electrons. The standard InChI is InChI=1S/C10H20N2O2/c1-12(10(13)7-11)8-3-5-9(14-2)6-4-8/h8-9H,3-7,11H2,1-2H3. The highest BCUT2D eigenvalue weighted by Crippen LogP contribution is 2.23. The van der Waals surface area contributed by atoms with Crippen molar-refractivity contribution < 1.29 is 9.53 Å². The van der Waals surface area contributed by atoms with Crippen LogP contribution in [0.3, 0.4) is 0 Å². The van der Waals surface area contributed by atoms with Crippen molar-refractivity contribution in [3.05, 3.63) is 0 Å². The van der Waals surface area contributed by atoms with Gasteiger partial charge in [-0.25, -0.2) is 0 Å². The molecule has 82 valence electrons. The largest absolute Gasteiger partial charge is 0.381 e. The molecule has 1 saturated carbocycles. The molecule has 0 spiro atoms. The summed E-state index contributed by atoms with van der Waals surface area (Å²) in [5, 5.41) is 0. The fraction of sp³-hybridized carbons (Fsp3) is 0.900. The van der Waals surface area contributed by atoms with Crippen LogP contribution in [0.5, 0.6) is 0 Å². The Bertz CT molecular complexity index is 189. The van der Waals surface area contributed by atoms with Gasteiger partial charge in [0, 0.05) is 20.2 Å². The summed E-state index contributed by atoms with van der Waals surface area (Å²) in [4.78, 5) is 13.1. The van der Waals surface area contributed by atoms with E-state index in [-0.39, 0.29) is 12.5 Å². The van der Waals surface area contributed by atoms with Crippen molar-refractivity contribution in [2.75, 3.05) is 20.7 Å². The molecule has 1 fully saturated rings. The van der Waals surface area contributed by atoms with E-state index in [0.717, 1.165) is 25.7 Å². The first-order chi connectivity index (χ1) is 6.69. The lowest BCUT2D eigenvalue weighted by atomic mass is 9.92. The van der Waals surface area contributed by atoms with Crippen molar-refractivity contribution in [2.45, 2.75) is 37.8 Å². The third-order valence-corrected chi connectivity index (χ3v) is 3.09. The normalized spacial score (nSPS) is 27.4. The van der Waals surface area contributed by atoms with Gasteiger partial charge >= 0.3 is 0 Å². The molecule has 0 aromatic heterocycles. The van der Waals surface area contributed by atoms with Crippen LogP contribution in [-0.4, -0.2) is 43.7 Å². The number of carbonyl (C=O) groups excluding carboxylic acids is 1. The number of rotatable bonds is 3. The molecule has 14 heavy (non-hydrogen) atoms. The Labute approximate surface area is 85.4 Å². The van der Waals surface area contributed by atoms with E-state index in [9.17, 15) is 4.79 Å². The Morgan fingerprint density at radius 3 is 2.43 bits per heavy atom. The Kier molecular flexibility index (Phi) is 4.35. The lowest BCUT2D eigenvalue weighted by molar-refractivity contribution is -0.131. The lowest BCUT2D eigenvalue weighted by Crippen LogP contribution is -2.43. The maximum atomic E-state index is 11.3. The van der Waals surface area contributed by atoms with Crippen LogP contribution in [0.1, 0.15) is 25.7 Å². The first-order valence-electron chi connectivity index (χ1n) is 5.17. The molecular formula is C10H20N2O2. The molecule has 4 nitrogen and oxygen atoms in total. The second kappa shape index (κ2) is 5.32. The van der Waals surface area contributed by atoms with Gasteiger partial charge in [0.15, 0.2) is 0 Å². The minimum Gasteiger partial charge on any atom is -0.381 e. The van der Waals surface area contributed by atoms with Crippen molar-refractivity contribution in [1.29, 1.82) is 0 Å². The summed E-state index contributed by atoms with van der Waals surface area (Å²) in [5.41, 5.74) is 5.32. The molecule has 1 amide bonds. The molecule has 0 aromatic carbocycles. The fourth-order valence-corrected chi connectivity index (χ4v) is 2.02. The third-order valence-electron chi connectivity index (χ3n) is 3.09. The van der Waals surface area contributed by atoms with Crippen LogP contribution in [0, 0.1) is 0 Å². The number of nitrogens with zero attached hydrogens (tertiary/aromatic N) is 1. The molecule has 4 heteroatoms. The van der Waals surface area contributed by atoms with Gasteiger partial charge in [-0.3, -0.25) is 4.79 Å². The third kappa shape index (κ3) is 2.69. The average Bonchev–Trinajstić information content (AvgIpc) is 2.27. The van der Waals surface area contributed by atoms with E-state index in [1.165, 1.54) is 0 Å². The van der Waals surface area contributed by atoms with Crippen molar-refractivity contribution in [2.24, 2.45) is 5.73 Å². The van der Waals surface area contributed by atoms with E-state index in [2.05, 4.69) is 0 Å². The summed E-state index contributed by atoms with van der Waals surface area (Å²) in [6.45, 7) is 0.112. The molecular weight excluding hydrogens is 180 g/mol. The zero-order valence-corrected chi connectivity index (χ0v) is 9.03. The van der Waals surface area contributed by atoms with Crippen molar-refractivity contribution in [1.82, 2.24) is 4.90 Å². The maximum Gasteiger partial charge on any atom is 0.236 e. The predicted molar refractivity (Wildman–Crippen MR) is 54.9 cm³/mol. The molecule has 1 aliphatic carbocycles. The molecule has 1 rings (SSSR count). The van der Waals surface area contributed by atoms with Gasteiger partial charge in [-0.2, -0.15) is 0 Å². The monoisotopic (exact) mass is 200 g/mol. The van der Waals surface area contributed by atoms with Crippen LogP contribution in [0.15, 0.2) is 0 Å². The number of methoxy groups -OCH3 is 1. The van der Waals surface area contributed by atoms with Gasteiger partial charge in [-0.15, -0.1) is 0 Å². The van der Waals surface area contributed by atoms with Crippen molar-refractivity contribution in [3.63, 3.8) is 0 Å². The highest BCUT2D eigenvalue weighted by Gasteiger charge is 2.25. The van der Waals surface area contributed by atoms with Crippen molar-refractivity contribution >= 4 is 5.91 Å². The molecule has 0 bridgehead atoms. The van der Waals surface area contributed by atoms with E-state index in [4.69, 9.17) is 10.5 Å². The van der Waals surface area contributed by atoms with Gasteiger partial charge < -0.3 is 15.4 Å². The molecule has 2 N–H and O–H groups in total. The molecule has 0 atom stereocenters. The highest BCUT2D eigenvalue weighted by molar-refractivity contribution is 5.78. The van der Waals surface area contributed by atoms with Crippen LogP contribution in [0.2, 0.25) is 0 Å². The van der Waals surface area contributed by atoms with Gasteiger partial charge in [-0.1, -0.05) is 0 Å². The van der Waals surface area contributed by atoms with E-state index >= 15 is 0 Å². The second-order valence-corrected chi connectivity index (χ2v) is 3.88. The van der Waals surface area contributed by atoms with Gasteiger partial charge in [0.25, 0.3) is 0 Å². The van der Waals surface area contributed by atoms with Gasteiger partial charge in [-0.05, 0) is 25.7 Å². The summed E-state index contributed by atoms with van der Waals surface area (Å²) >= 11 is 0. The summed E-state index contributed by atoms with van der Waals surface area (Å²) in [7, 11) is 3.59. The molecule has 0 unspecified atom stereocenters. The van der Waals surface area contributed by atoms with Crippen LogP contribution in [0.25, 0.3) is 0 Å². The number of carbonyl (C=O) groups is 1. The summed E-state index contributed by atoms with van der Waals surface area (Å²) in [5.74, 6) is 0.0332. The second-order valence-electron chi connectivity index (χ2n) is 3.88. The lowest BCUT2D eigenvalue weighted by Gasteiger charge is -2.34. The summed E-state index contributed by atoms with van der Waals surface area (Å²) in [6, 6.07) is 0.359. The molecule has 1 aliphatic rings. The minimum atomic E-state index is 0.0332. The first-order valence-corrected chi connectivity index (χ1v) is 5.17. The van der Waals surface area contributed by atoms with Crippen LogP contribution < -0.4 is 5.73 Å². The maximum absolute atomic E-state index is 11.3. The number of likely N-dealkylation sites (N-methyl/N-ethyl adjacent to an activating group) is 1. The van der Waals surface area contributed by atoms with Crippen molar-refractivity contribution in [3.8, 4) is 0 Å². The van der Waals surface area contributed by atoms with Gasteiger partial charge in [0.1, 0.15) is 0 Å². The van der Waals surface area contributed by atoms with Gasteiger partial charge in [0.2, 0.25) is 5.91 Å². The first kappa shape index (κ1) is 11.5. The Morgan fingerprint density at radius 1 is 1.43 bits per heavy atom. The molecule has 0 aliphatic heterocycles. The highest BCUT2D eigenvalue weighted by atomic mass is 16.5. The fourth-order valence-electron chi connectivity index (χ4n) is 2.02. The van der Waals surface area contributed by atoms with E-state index in [1.54, 1.807) is 12.0 Å². The Hall–Kier alpha value is -0.610. The Balaban J connectivity index is 2.37. The number of hydrogen-bond donors (Lipinski definition) is 1. The smallest absolute Gasteiger partial charge is 0.236 e. The number of ether oxygens (including phenoxy) is 1. The van der Waals surface area contributed by atoms with E-state index < -0.39 is 0 Å². The minimum absolute atomic E-state index is 0.0332. The SMILES string of the molecule is COC1CCC(N(C)C(=O)CN)CC1. The van der Waals surface area contributed by atoms with Crippen LogP contribution in [0.4, 0.5) is 0 Å². The molecule has 0 aromatic rings. The number of amides is 1. The van der Waals surface area contributed by atoms with E-state index in [0.29, 0.717) is 12.1 Å². The molecule has 0 saturated heterocycles. The average molecular weight is 200 g/mol. The van der Waals surface area contributed by atoms with Crippen LogP contribution >= 0.6 is 0 Å². The Morgan fingerprint density at radius 2 is 2.00 bits per heavy atom. The summed E-state index contributed by atoms with van der Waals surface area (Å²) in [6.07, 6.45) is 4.53. The van der Waals surface area contributed by atoms with Gasteiger partial charge in [0.05, 0.1) is 12.6 Å². The van der Waals surface area contributed by atoms with E-state index in [1.807, 2.05) is 7.05 Å². The zero-order chi connectivity index (χ0) is 10.6.